The summed E-state index contributed by atoms with van der Waals surface area (Å²) in [6, 6.07) is 1.57. The van der Waals surface area contributed by atoms with Gasteiger partial charge in [0.05, 0.1) is 0 Å². The Kier molecular flexibility index (Phi) is 4.63. The predicted octanol–water partition coefficient (Wildman–Crippen LogP) is 3.09. The van der Waals surface area contributed by atoms with Crippen LogP contribution in [0.25, 0.3) is 0 Å². The van der Waals surface area contributed by atoms with Crippen LogP contribution in [0.1, 0.15) is 39.0 Å². The lowest BCUT2D eigenvalue weighted by molar-refractivity contribution is 0.285. The Balaban J connectivity index is 2.09. The van der Waals surface area contributed by atoms with Gasteiger partial charge in [-0.25, -0.2) is 13.1 Å². The fourth-order valence-electron chi connectivity index (χ4n) is 2.65. The van der Waals surface area contributed by atoms with Crippen molar-refractivity contribution in [3.8, 4) is 0 Å². The summed E-state index contributed by atoms with van der Waals surface area (Å²) in [5.74, 6) is 0. The van der Waals surface area contributed by atoms with E-state index in [1.807, 2.05) is 0 Å². The van der Waals surface area contributed by atoms with E-state index in [1.165, 1.54) is 19.0 Å². The molecule has 0 atom stereocenters. The van der Waals surface area contributed by atoms with Crippen LogP contribution in [0.2, 0.25) is 0 Å². The van der Waals surface area contributed by atoms with Crippen LogP contribution in [0.15, 0.2) is 27.8 Å². The van der Waals surface area contributed by atoms with Crippen LogP contribution < -0.4 is 4.72 Å². The first-order valence-corrected chi connectivity index (χ1v) is 8.85. The Morgan fingerprint density at radius 2 is 2.05 bits per heavy atom. The van der Waals surface area contributed by atoms with Crippen molar-refractivity contribution in [1.82, 2.24) is 9.71 Å². The predicted molar refractivity (Wildman–Crippen MR) is 78.3 cm³/mol. The third-order valence-electron chi connectivity index (χ3n) is 4.04. The molecule has 1 aliphatic carbocycles. The van der Waals surface area contributed by atoms with Crippen LogP contribution in [-0.4, -0.2) is 19.9 Å². The lowest BCUT2D eigenvalue weighted by Gasteiger charge is -2.27. The van der Waals surface area contributed by atoms with E-state index in [4.69, 9.17) is 0 Å². The van der Waals surface area contributed by atoms with E-state index in [2.05, 4.69) is 32.6 Å². The average Bonchev–Trinajstić information content (AvgIpc) is 2.86. The van der Waals surface area contributed by atoms with Crippen LogP contribution in [0.5, 0.6) is 0 Å². The van der Waals surface area contributed by atoms with E-state index in [0.717, 1.165) is 19.3 Å². The summed E-state index contributed by atoms with van der Waals surface area (Å²) in [6.45, 7) is 2.67. The molecular formula is C13H19BrN2O2S. The summed E-state index contributed by atoms with van der Waals surface area (Å²) in [5.41, 5.74) is 0.145. The molecular weight excluding hydrogens is 328 g/mol. The normalized spacial score (nSPS) is 18.6. The Morgan fingerprint density at radius 1 is 1.37 bits per heavy atom. The fraction of sp³-hybridized carbons (Fsp3) is 0.615. The molecule has 0 saturated heterocycles. The van der Waals surface area contributed by atoms with Gasteiger partial charge in [0.1, 0.15) is 4.90 Å². The van der Waals surface area contributed by atoms with E-state index in [0.29, 0.717) is 11.0 Å². The SMILES string of the molecule is CCC1(CNS(=O)(=O)c2cncc(Br)c2)CCCC1. The third kappa shape index (κ3) is 3.55. The number of sulfonamides is 1. The highest BCUT2D eigenvalue weighted by atomic mass is 79.9. The van der Waals surface area contributed by atoms with Gasteiger partial charge < -0.3 is 0 Å². The van der Waals surface area contributed by atoms with Crippen molar-refractivity contribution in [2.45, 2.75) is 43.9 Å². The minimum Gasteiger partial charge on any atom is -0.262 e. The van der Waals surface area contributed by atoms with Gasteiger partial charge in [-0.2, -0.15) is 0 Å². The molecule has 1 N–H and O–H groups in total. The number of aromatic nitrogens is 1. The minimum absolute atomic E-state index is 0.145. The summed E-state index contributed by atoms with van der Waals surface area (Å²) in [5, 5.41) is 0. The molecule has 0 radical (unpaired) electrons. The van der Waals surface area contributed by atoms with Gasteiger partial charge in [-0.3, -0.25) is 4.98 Å². The molecule has 2 rings (SSSR count). The number of hydrogen-bond acceptors (Lipinski definition) is 3. The highest BCUT2D eigenvalue weighted by molar-refractivity contribution is 9.10. The summed E-state index contributed by atoms with van der Waals surface area (Å²) in [4.78, 5) is 4.12. The van der Waals surface area contributed by atoms with Crippen molar-refractivity contribution < 1.29 is 8.42 Å². The minimum atomic E-state index is -3.46. The molecule has 0 spiro atoms. The molecule has 1 aliphatic rings. The van der Waals surface area contributed by atoms with Crippen LogP contribution in [0, 0.1) is 5.41 Å². The number of hydrogen-bond donors (Lipinski definition) is 1. The molecule has 1 saturated carbocycles. The zero-order valence-electron chi connectivity index (χ0n) is 11.0. The van der Waals surface area contributed by atoms with Gasteiger partial charge >= 0.3 is 0 Å². The molecule has 4 nitrogen and oxygen atoms in total. The molecule has 1 fully saturated rings. The topological polar surface area (TPSA) is 59.1 Å². The molecule has 1 aromatic rings. The monoisotopic (exact) mass is 346 g/mol. The number of pyridine rings is 1. The first kappa shape index (κ1) is 14.9. The second-order valence-corrected chi connectivity index (χ2v) is 7.91. The highest BCUT2D eigenvalue weighted by Gasteiger charge is 2.33. The first-order valence-electron chi connectivity index (χ1n) is 6.58. The first-order chi connectivity index (χ1) is 8.97. The molecule has 0 aromatic carbocycles. The number of nitrogens with one attached hydrogen (secondary N) is 1. The number of nitrogens with zero attached hydrogens (tertiary/aromatic N) is 1. The second-order valence-electron chi connectivity index (χ2n) is 5.22. The van der Waals surface area contributed by atoms with Crippen LogP contribution in [0.4, 0.5) is 0 Å². The smallest absolute Gasteiger partial charge is 0.242 e. The van der Waals surface area contributed by atoms with E-state index < -0.39 is 10.0 Å². The zero-order chi connectivity index (χ0) is 13.9. The second kappa shape index (κ2) is 5.89. The summed E-state index contributed by atoms with van der Waals surface area (Å²) >= 11 is 3.24. The molecule has 1 aromatic heterocycles. The van der Waals surface area contributed by atoms with E-state index in [-0.39, 0.29) is 10.3 Å². The van der Waals surface area contributed by atoms with E-state index in [9.17, 15) is 8.42 Å². The van der Waals surface area contributed by atoms with E-state index in [1.54, 1.807) is 12.3 Å². The maximum absolute atomic E-state index is 12.2. The van der Waals surface area contributed by atoms with Gasteiger partial charge in [-0.05, 0) is 46.7 Å². The summed E-state index contributed by atoms with van der Waals surface area (Å²) < 4.78 is 27.9. The van der Waals surface area contributed by atoms with Crippen LogP contribution in [-0.2, 0) is 10.0 Å². The standard InChI is InChI=1S/C13H19BrN2O2S/c1-2-13(5-3-4-6-13)10-16-19(17,18)12-7-11(14)8-15-9-12/h7-9,16H,2-6,10H2,1H3. The van der Waals surface area contributed by atoms with Gasteiger partial charge in [0.25, 0.3) is 0 Å². The summed E-state index contributed by atoms with van der Waals surface area (Å²) in [7, 11) is -3.46. The molecule has 6 heteroatoms. The highest BCUT2D eigenvalue weighted by Crippen LogP contribution is 2.40. The van der Waals surface area contributed by atoms with Crippen molar-refractivity contribution in [3.05, 3.63) is 22.9 Å². The van der Waals surface area contributed by atoms with Crippen molar-refractivity contribution in [3.63, 3.8) is 0 Å². The largest absolute Gasteiger partial charge is 0.262 e. The van der Waals surface area contributed by atoms with Crippen LogP contribution in [0.3, 0.4) is 0 Å². The maximum atomic E-state index is 12.2. The molecule has 19 heavy (non-hydrogen) atoms. The maximum Gasteiger partial charge on any atom is 0.242 e. The van der Waals surface area contributed by atoms with Crippen LogP contribution >= 0.6 is 15.9 Å². The van der Waals surface area contributed by atoms with Crippen molar-refractivity contribution in [2.24, 2.45) is 5.41 Å². The molecule has 0 amide bonds. The Morgan fingerprint density at radius 3 is 2.63 bits per heavy atom. The third-order valence-corrected chi connectivity index (χ3v) is 5.84. The molecule has 106 valence electrons. The summed E-state index contributed by atoms with van der Waals surface area (Å²) in [6.07, 6.45) is 8.60. The van der Waals surface area contributed by atoms with Crippen molar-refractivity contribution >= 4 is 26.0 Å². The lowest BCUT2D eigenvalue weighted by atomic mass is 9.84. The van der Waals surface area contributed by atoms with Gasteiger partial charge in [-0.15, -0.1) is 0 Å². The lowest BCUT2D eigenvalue weighted by Crippen LogP contribution is -2.35. The molecule has 0 bridgehead atoms. The van der Waals surface area contributed by atoms with Crippen molar-refractivity contribution in [1.29, 1.82) is 0 Å². The van der Waals surface area contributed by atoms with Gasteiger partial charge in [0.15, 0.2) is 0 Å². The number of halogens is 1. The Bertz CT molecular complexity index is 539. The number of rotatable bonds is 5. The molecule has 0 aliphatic heterocycles. The quantitative estimate of drug-likeness (QED) is 0.890. The molecule has 1 heterocycles. The Labute approximate surface area is 123 Å². The van der Waals surface area contributed by atoms with Gasteiger partial charge in [-0.1, -0.05) is 19.8 Å². The van der Waals surface area contributed by atoms with E-state index >= 15 is 0 Å². The van der Waals surface area contributed by atoms with Gasteiger partial charge in [0.2, 0.25) is 10.0 Å². The average molecular weight is 347 g/mol. The Hall–Kier alpha value is -0.460. The fourth-order valence-corrected chi connectivity index (χ4v) is 4.31. The zero-order valence-corrected chi connectivity index (χ0v) is 13.4. The van der Waals surface area contributed by atoms with Gasteiger partial charge in [0, 0.05) is 23.4 Å². The molecule has 0 unspecified atom stereocenters. The van der Waals surface area contributed by atoms with Crippen molar-refractivity contribution in [2.75, 3.05) is 6.54 Å².